The van der Waals surface area contributed by atoms with E-state index in [-0.39, 0.29) is 17.8 Å². The molecule has 1 heterocycles. The number of phenolic OH excluding ortho intramolecular Hbond substituents is 1. The third kappa shape index (κ3) is 2.71. The van der Waals surface area contributed by atoms with Crippen molar-refractivity contribution in [2.24, 2.45) is 5.92 Å². The van der Waals surface area contributed by atoms with Gasteiger partial charge in [0.2, 0.25) is 0 Å². The van der Waals surface area contributed by atoms with Gasteiger partial charge in [0, 0.05) is 17.9 Å². The zero-order valence-electron chi connectivity index (χ0n) is 10.6. The number of carbonyl (C=O) groups is 1. The maximum absolute atomic E-state index is 10.7. The van der Waals surface area contributed by atoms with Gasteiger partial charge in [-0.15, -0.1) is 0 Å². The molecule has 1 aromatic carbocycles. The lowest BCUT2D eigenvalue weighted by atomic mass is 9.91. The second-order valence-electron chi connectivity index (χ2n) is 4.97. The van der Waals surface area contributed by atoms with E-state index in [9.17, 15) is 9.90 Å². The lowest BCUT2D eigenvalue weighted by Gasteiger charge is -2.41. The van der Waals surface area contributed by atoms with Gasteiger partial charge in [-0.05, 0) is 19.9 Å². The minimum Gasteiger partial charge on any atom is -0.508 e. The molecule has 0 radical (unpaired) electrons. The Labute approximate surface area is 107 Å². The molecule has 0 amide bonds. The van der Waals surface area contributed by atoms with Gasteiger partial charge in [0.05, 0.1) is 12.7 Å². The Hall–Kier alpha value is -1.39. The van der Waals surface area contributed by atoms with Crippen molar-refractivity contribution in [1.82, 2.24) is 0 Å². The highest BCUT2D eigenvalue weighted by molar-refractivity contribution is 5.50. The van der Waals surface area contributed by atoms with Gasteiger partial charge in [-0.25, -0.2) is 0 Å². The van der Waals surface area contributed by atoms with Crippen molar-refractivity contribution in [3.05, 3.63) is 29.8 Å². The van der Waals surface area contributed by atoms with Gasteiger partial charge in [0.25, 0.3) is 0 Å². The van der Waals surface area contributed by atoms with Crippen LogP contribution in [0.3, 0.4) is 0 Å². The number of ether oxygens (including phenoxy) is 2. The van der Waals surface area contributed by atoms with Gasteiger partial charge in [0.15, 0.2) is 5.79 Å². The van der Waals surface area contributed by atoms with Crippen molar-refractivity contribution in [2.45, 2.75) is 32.2 Å². The summed E-state index contributed by atoms with van der Waals surface area (Å²) in [4.78, 5) is 10.7. The molecule has 1 aromatic rings. The number of carbonyl (C=O) groups excluding carboxylic acids is 1. The number of aromatic hydroxyl groups is 1. The van der Waals surface area contributed by atoms with Crippen molar-refractivity contribution in [3.63, 3.8) is 0 Å². The highest BCUT2D eigenvalue weighted by Gasteiger charge is 2.38. The first-order valence-electron chi connectivity index (χ1n) is 6.07. The molecular formula is C14H18O4. The molecule has 18 heavy (non-hydrogen) atoms. The normalized spacial score (nSPS) is 26.8. The summed E-state index contributed by atoms with van der Waals surface area (Å²) in [6.45, 7) is 4.11. The standard InChI is InChI=1S/C14H18O4/c1-14(2)17-9-10(7-8-15)13(18-14)11-5-3-4-6-12(11)16/h3-6,8,10,13,16H,7,9H2,1-2H3/t10?,13-/m0/s1. The molecule has 1 aliphatic heterocycles. The summed E-state index contributed by atoms with van der Waals surface area (Å²) in [5, 5.41) is 9.91. The van der Waals surface area contributed by atoms with Crippen molar-refractivity contribution in [2.75, 3.05) is 6.61 Å². The molecule has 0 aliphatic carbocycles. The van der Waals surface area contributed by atoms with Crippen LogP contribution in [-0.4, -0.2) is 23.8 Å². The molecule has 2 rings (SSSR count). The van der Waals surface area contributed by atoms with Crippen LogP contribution in [0, 0.1) is 5.92 Å². The molecule has 1 N–H and O–H groups in total. The Bertz CT molecular complexity index is 428. The van der Waals surface area contributed by atoms with Crippen molar-refractivity contribution < 1.29 is 19.4 Å². The highest BCUT2D eigenvalue weighted by atomic mass is 16.7. The van der Waals surface area contributed by atoms with Crippen LogP contribution in [0.1, 0.15) is 31.9 Å². The average Bonchev–Trinajstić information content (AvgIpc) is 2.32. The lowest BCUT2D eigenvalue weighted by molar-refractivity contribution is -0.295. The summed E-state index contributed by atoms with van der Waals surface area (Å²) < 4.78 is 11.4. The van der Waals surface area contributed by atoms with Crippen LogP contribution in [0.25, 0.3) is 0 Å². The van der Waals surface area contributed by atoms with E-state index in [1.165, 1.54) is 0 Å². The Morgan fingerprint density at radius 3 is 2.83 bits per heavy atom. The molecule has 1 saturated heterocycles. The molecule has 4 nitrogen and oxygen atoms in total. The Kier molecular flexibility index (Phi) is 3.68. The third-order valence-corrected chi connectivity index (χ3v) is 3.13. The van der Waals surface area contributed by atoms with E-state index < -0.39 is 5.79 Å². The van der Waals surface area contributed by atoms with E-state index >= 15 is 0 Å². The summed E-state index contributed by atoms with van der Waals surface area (Å²) in [6, 6.07) is 7.05. The number of aldehydes is 1. The smallest absolute Gasteiger partial charge is 0.163 e. The largest absolute Gasteiger partial charge is 0.508 e. The van der Waals surface area contributed by atoms with E-state index in [2.05, 4.69) is 0 Å². The zero-order valence-corrected chi connectivity index (χ0v) is 10.6. The van der Waals surface area contributed by atoms with E-state index in [1.54, 1.807) is 12.1 Å². The van der Waals surface area contributed by atoms with Gasteiger partial charge >= 0.3 is 0 Å². The predicted octanol–water partition coefficient (Wildman–Crippen LogP) is 2.42. The van der Waals surface area contributed by atoms with E-state index in [4.69, 9.17) is 9.47 Å². The fourth-order valence-electron chi connectivity index (χ4n) is 2.19. The number of para-hydroxylation sites is 1. The van der Waals surface area contributed by atoms with E-state index in [1.807, 2.05) is 26.0 Å². The molecule has 0 bridgehead atoms. The summed E-state index contributed by atoms with van der Waals surface area (Å²) in [6.07, 6.45) is 0.901. The minimum absolute atomic E-state index is 0.0659. The average molecular weight is 250 g/mol. The number of rotatable bonds is 3. The Morgan fingerprint density at radius 2 is 2.17 bits per heavy atom. The molecule has 0 spiro atoms. The first-order valence-corrected chi connectivity index (χ1v) is 6.07. The van der Waals surface area contributed by atoms with Crippen LogP contribution in [-0.2, 0) is 14.3 Å². The third-order valence-electron chi connectivity index (χ3n) is 3.13. The number of benzene rings is 1. The van der Waals surface area contributed by atoms with Crippen LogP contribution in [0.15, 0.2) is 24.3 Å². The quantitative estimate of drug-likeness (QED) is 0.837. The number of phenols is 1. The van der Waals surface area contributed by atoms with Gasteiger partial charge in [0.1, 0.15) is 12.0 Å². The van der Waals surface area contributed by atoms with Gasteiger partial charge < -0.3 is 19.4 Å². The fraction of sp³-hybridized carbons (Fsp3) is 0.500. The van der Waals surface area contributed by atoms with Crippen LogP contribution in [0.4, 0.5) is 0 Å². The Morgan fingerprint density at radius 1 is 1.44 bits per heavy atom. The lowest BCUT2D eigenvalue weighted by Crippen LogP contribution is -2.41. The predicted molar refractivity (Wildman–Crippen MR) is 66.1 cm³/mol. The summed E-state index contributed by atoms with van der Waals surface area (Å²) >= 11 is 0. The summed E-state index contributed by atoms with van der Waals surface area (Å²) in [5.41, 5.74) is 0.709. The maximum Gasteiger partial charge on any atom is 0.163 e. The van der Waals surface area contributed by atoms with Crippen molar-refractivity contribution >= 4 is 6.29 Å². The van der Waals surface area contributed by atoms with Crippen molar-refractivity contribution in [3.8, 4) is 5.75 Å². The summed E-state index contributed by atoms with van der Waals surface area (Å²) in [5.74, 6) is -0.577. The van der Waals surface area contributed by atoms with Crippen molar-refractivity contribution in [1.29, 1.82) is 0 Å². The molecule has 0 saturated carbocycles. The van der Waals surface area contributed by atoms with Gasteiger partial charge in [-0.3, -0.25) is 0 Å². The number of hydrogen-bond donors (Lipinski definition) is 1. The highest BCUT2D eigenvalue weighted by Crippen LogP contribution is 2.40. The number of hydrogen-bond acceptors (Lipinski definition) is 4. The monoisotopic (exact) mass is 250 g/mol. The molecule has 1 fully saturated rings. The van der Waals surface area contributed by atoms with Crippen LogP contribution >= 0.6 is 0 Å². The molecule has 98 valence electrons. The first-order chi connectivity index (χ1) is 8.53. The fourth-order valence-corrected chi connectivity index (χ4v) is 2.19. The van der Waals surface area contributed by atoms with Gasteiger partial charge in [-0.2, -0.15) is 0 Å². The minimum atomic E-state index is -0.702. The topological polar surface area (TPSA) is 55.8 Å². The zero-order chi connectivity index (χ0) is 13.2. The van der Waals surface area contributed by atoms with Gasteiger partial charge in [-0.1, -0.05) is 18.2 Å². The van der Waals surface area contributed by atoms with Crippen LogP contribution < -0.4 is 0 Å². The molecule has 1 unspecified atom stereocenters. The van der Waals surface area contributed by atoms with Crippen LogP contribution in [0.5, 0.6) is 5.75 Å². The van der Waals surface area contributed by atoms with Crippen LogP contribution in [0.2, 0.25) is 0 Å². The summed E-state index contributed by atoms with van der Waals surface area (Å²) in [7, 11) is 0. The second-order valence-corrected chi connectivity index (χ2v) is 4.97. The first kappa shape index (κ1) is 13.1. The molecule has 4 heteroatoms. The molecular weight excluding hydrogens is 232 g/mol. The molecule has 2 atom stereocenters. The molecule has 1 aliphatic rings. The Balaban J connectivity index is 2.30. The maximum atomic E-state index is 10.7. The SMILES string of the molecule is CC1(C)OCC(CC=O)[C@@H](c2ccccc2O)O1. The second kappa shape index (κ2) is 5.08. The van der Waals surface area contributed by atoms with E-state index in [0.717, 1.165) is 6.29 Å². The molecule has 0 aromatic heterocycles. The van der Waals surface area contributed by atoms with E-state index in [0.29, 0.717) is 18.6 Å².